The summed E-state index contributed by atoms with van der Waals surface area (Å²) in [6.07, 6.45) is 6.68. The van der Waals surface area contributed by atoms with Crippen LogP contribution in [0, 0.1) is 17.3 Å². The number of hydrogen-bond donors (Lipinski definition) is 3. The molecule has 4 fully saturated rings. The highest BCUT2D eigenvalue weighted by Crippen LogP contribution is 2.66. The summed E-state index contributed by atoms with van der Waals surface area (Å²) in [4.78, 5) is 12.6. The average Bonchev–Trinajstić information content (AvgIpc) is 3.16. The smallest absolute Gasteiger partial charge is 0.405 e. The average molecular weight is 492 g/mol. The summed E-state index contributed by atoms with van der Waals surface area (Å²) in [5.41, 5.74) is 13.0. The number of hydrogen-bond acceptors (Lipinski definition) is 5. The molecule has 1 amide bonds. The summed E-state index contributed by atoms with van der Waals surface area (Å²) in [5, 5.41) is 3.10. The third kappa shape index (κ3) is 5.49. The minimum Gasteiger partial charge on any atom is -0.405 e. The van der Waals surface area contributed by atoms with Crippen molar-refractivity contribution in [1.82, 2.24) is 5.32 Å². The van der Waals surface area contributed by atoms with Gasteiger partial charge in [0.1, 0.15) is 0 Å². The Morgan fingerprint density at radius 3 is 2.59 bits per heavy atom. The third-order valence-corrected chi connectivity index (χ3v) is 8.84. The Bertz CT molecular complexity index is 814. The van der Waals surface area contributed by atoms with Crippen LogP contribution in [0.25, 0.3) is 0 Å². The molecule has 34 heavy (non-hydrogen) atoms. The molecule has 5 N–H and O–H groups in total. The van der Waals surface area contributed by atoms with E-state index < -0.39 is 6.04 Å². The zero-order chi connectivity index (χ0) is 23.6. The molecule has 1 aromatic carbocycles. The zero-order valence-corrected chi connectivity index (χ0v) is 21.8. The molecule has 6 atom stereocenters. The predicted octanol–water partition coefficient (Wildman–Crippen LogP) is 3.71. The van der Waals surface area contributed by atoms with Crippen molar-refractivity contribution in [2.45, 2.75) is 89.3 Å². The fourth-order valence-electron chi connectivity index (χ4n) is 6.44. The molecule has 190 valence electrons. The van der Waals surface area contributed by atoms with Crippen LogP contribution in [0.3, 0.4) is 0 Å². The number of nitrogens with one attached hydrogen (secondary N) is 1. The van der Waals surface area contributed by atoms with Gasteiger partial charge in [0, 0.05) is 12.4 Å². The van der Waals surface area contributed by atoms with E-state index in [2.05, 4.69) is 50.4 Å². The van der Waals surface area contributed by atoms with Gasteiger partial charge in [-0.05, 0) is 74.8 Å². The molecule has 2 bridgehead atoms. The minimum absolute atomic E-state index is 0. The fourth-order valence-corrected chi connectivity index (χ4v) is 6.44. The lowest BCUT2D eigenvalue weighted by Gasteiger charge is -2.64. The first-order chi connectivity index (χ1) is 15.8. The van der Waals surface area contributed by atoms with E-state index >= 15 is 0 Å². The van der Waals surface area contributed by atoms with E-state index in [4.69, 9.17) is 20.8 Å². The molecule has 0 radical (unpaired) electrons. The van der Waals surface area contributed by atoms with E-state index in [-0.39, 0.29) is 43.0 Å². The van der Waals surface area contributed by atoms with Crippen molar-refractivity contribution in [2.75, 3.05) is 13.1 Å². The van der Waals surface area contributed by atoms with Crippen LogP contribution >= 0.6 is 12.4 Å². The van der Waals surface area contributed by atoms with Crippen molar-refractivity contribution in [3.05, 3.63) is 35.9 Å². The first-order valence-electron chi connectivity index (χ1n) is 12.9. The molecule has 0 aromatic heterocycles. The fraction of sp³-hybridized carbons (Fsp3) is 0.731. The lowest BCUT2D eigenvalue weighted by Crippen LogP contribution is -2.65. The van der Waals surface area contributed by atoms with Crippen LogP contribution in [0.2, 0.25) is 5.82 Å². The van der Waals surface area contributed by atoms with Gasteiger partial charge in [-0.2, -0.15) is 0 Å². The highest BCUT2D eigenvalue weighted by Gasteiger charge is 2.68. The zero-order valence-electron chi connectivity index (χ0n) is 21.0. The Balaban J connectivity index is 0.00000324. The first-order valence-corrected chi connectivity index (χ1v) is 12.9. The number of nitrogens with two attached hydrogens (primary N) is 2. The molecule has 0 spiro atoms. The predicted molar refractivity (Wildman–Crippen MR) is 140 cm³/mol. The number of benzene rings is 1. The van der Waals surface area contributed by atoms with E-state index in [1.54, 1.807) is 0 Å². The number of halogens is 1. The summed E-state index contributed by atoms with van der Waals surface area (Å²) in [7, 11) is -0.298. The van der Waals surface area contributed by atoms with Crippen LogP contribution in [-0.4, -0.2) is 43.9 Å². The molecular formula is C26H43BClN3O3. The standard InChI is InChI=1S/C26H42BN3O3.ClH/c1-25(2)19-15-22(25)26(3)23(16-19)32-27(33-26)20(13-12-18-9-5-4-6-10-18)17-30-24(31)21(29)11-7-8-14-28;/h4-6,9-10,19-23H,7-8,11-17,28-29H2,1-3H3,(H,30,31);1H/t19-,20-,21-,22-,23+,26-;/m1./s1. The maximum atomic E-state index is 12.6. The number of rotatable bonds is 11. The Morgan fingerprint density at radius 2 is 1.91 bits per heavy atom. The summed E-state index contributed by atoms with van der Waals surface area (Å²) in [5.74, 6) is 1.23. The van der Waals surface area contributed by atoms with Gasteiger partial charge in [0.2, 0.25) is 5.91 Å². The molecule has 1 aromatic rings. The molecule has 6 nitrogen and oxygen atoms in total. The number of carbonyl (C=O) groups is 1. The molecule has 1 saturated heterocycles. The van der Waals surface area contributed by atoms with Crippen molar-refractivity contribution in [1.29, 1.82) is 0 Å². The Labute approximate surface area is 211 Å². The van der Waals surface area contributed by atoms with E-state index in [0.29, 0.717) is 30.8 Å². The molecule has 5 rings (SSSR count). The molecule has 3 saturated carbocycles. The van der Waals surface area contributed by atoms with E-state index in [9.17, 15) is 4.79 Å². The molecule has 1 heterocycles. The summed E-state index contributed by atoms with van der Waals surface area (Å²) < 4.78 is 13.3. The van der Waals surface area contributed by atoms with Gasteiger partial charge in [0.05, 0.1) is 17.7 Å². The van der Waals surface area contributed by atoms with Gasteiger partial charge in [-0.1, -0.05) is 50.6 Å². The molecule has 1 aliphatic heterocycles. The number of amides is 1. The topological polar surface area (TPSA) is 99.6 Å². The largest absolute Gasteiger partial charge is 0.462 e. The number of unbranched alkanes of at least 4 members (excludes halogenated alkanes) is 1. The van der Waals surface area contributed by atoms with Crippen molar-refractivity contribution in [3.8, 4) is 0 Å². The second-order valence-corrected chi connectivity index (χ2v) is 11.3. The van der Waals surface area contributed by atoms with Gasteiger partial charge in [0.15, 0.2) is 0 Å². The van der Waals surface area contributed by atoms with Crippen molar-refractivity contribution < 1.29 is 14.1 Å². The lowest BCUT2D eigenvalue weighted by atomic mass is 9.43. The van der Waals surface area contributed by atoms with E-state index in [1.165, 1.54) is 12.0 Å². The number of aryl methyl sites for hydroxylation is 1. The van der Waals surface area contributed by atoms with Gasteiger partial charge in [0.25, 0.3) is 0 Å². The van der Waals surface area contributed by atoms with Gasteiger partial charge in [-0.3, -0.25) is 4.79 Å². The van der Waals surface area contributed by atoms with Crippen molar-refractivity contribution in [2.24, 2.45) is 28.7 Å². The van der Waals surface area contributed by atoms with Crippen LogP contribution in [0.15, 0.2) is 30.3 Å². The van der Waals surface area contributed by atoms with E-state index in [0.717, 1.165) is 38.0 Å². The first kappa shape index (κ1) is 27.5. The summed E-state index contributed by atoms with van der Waals surface area (Å²) >= 11 is 0. The Hall–Kier alpha value is -1.12. The normalized spacial score (nSPS) is 30.5. The van der Waals surface area contributed by atoms with Crippen molar-refractivity contribution >= 4 is 25.4 Å². The van der Waals surface area contributed by atoms with Crippen LogP contribution < -0.4 is 16.8 Å². The van der Waals surface area contributed by atoms with E-state index in [1.807, 2.05) is 6.07 Å². The second kappa shape index (κ2) is 11.3. The van der Waals surface area contributed by atoms with Gasteiger partial charge in [-0.25, -0.2) is 0 Å². The van der Waals surface area contributed by atoms with Gasteiger partial charge in [-0.15, -0.1) is 12.4 Å². The molecule has 3 aliphatic carbocycles. The second-order valence-electron chi connectivity index (χ2n) is 11.3. The monoisotopic (exact) mass is 491 g/mol. The van der Waals surface area contributed by atoms with Gasteiger partial charge >= 0.3 is 7.12 Å². The summed E-state index contributed by atoms with van der Waals surface area (Å²) in [6, 6.07) is 9.98. The highest BCUT2D eigenvalue weighted by atomic mass is 35.5. The molecule has 8 heteroatoms. The quantitative estimate of drug-likeness (QED) is 0.324. The van der Waals surface area contributed by atoms with Crippen LogP contribution in [0.4, 0.5) is 0 Å². The summed E-state index contributed by atoms with van der Waals surface area (Å²) in [6.45, 7) is 8.15. The molecule has 0 unspecified atom stereocenters. The van der Waals surface area contributed by atoms with Gasteiger partial charge < -0.3 is 26.1 Å². The maximum Gasteiger partial charge on any atom is 0.462 e. The SMILES string of the molecule is CC1(C)[C@H]2C[C@@H]3OB([C@H](CCc4ccccc4)CNC(=O)[C@H](N)CCCCN)O[C@]3(C)[C@@H]1C2.Cl. The Kier molecular flexibility index (Phi) is 9.13. The lowest BCUT2D eigenvalue weighted by molar-refractivity contribution is -0.199. The third-order valence-electron chi connectivity index (χ3n) is 8.84. The number of carbonyl (C=O) groups excluding carboxylic acids is 1. The van der Waals surface area contributed by atoms with Crippen molar-refractivity contribution in [3.63, 3.8) is 0 Å². The molecular weight excluding hydrogens is 449 g/mol. The molecule has 4 aliphatic rings. The van der Waals surface area contributed by atoms with Crippen LogP contribution in [-0.2, 0) is 20.5 Å². The van der Waals surface area contributed by atoms with Crippen LogP contribution in [0.5, 0.6) is 0 Å². The Morgan fingerprint density at radius 1 is 1.18 bits per heavy atom. The highest BCUT2D eigenvalue weighted by molar-refractivity contribution is 6.47. The van der Waals surface area contributed by atoms with Crippen LogP contribution in [0.1, 0.15) is 64.9 Å². The maximum absolute atomic E-state index is 12.6. The minimum atomic E-state index is -0.496.